The van der Waals surface area contributed by atoms with Gasteiger partial charge in [0, 0.05) is 17.4 Å². The molecule has 164 valence electrons. The van der Waals surface area contributed by atoms with Gasteiger partial charge in [0.05, 0.1) is 17.0 Å². The summed E-state index contributed by atoms with van der Waals surface area (Å²) < 4.78 is 27.7. The number of thioether (sulfide) groups is 1. The Balaban J connectivity index is 1.38. The third-order valence-electron chi connectivity index (χ3n) is 4.18. The first-order valence-corrected chi connectivity index (χ1v) is 11.8. The van der Waals surface area contributed by atoms with E-state index in [1.807, 2.05) is 0 Å². The zero-order valence-corrected chi connectivity index (χ0v) is 18.7. The lowest BCUT2D eigenvalue weighted by Gasteiger charge is -2.10. The molecule has 4 rings (SSSR count). The largest absolute Gasteiger partial charge is 0.341 e. The number of nitrogens with one attached hydrogen (secondary N) is 3. The van der Waals surface area contributed by atoms with Gasteiger partial charge in [0.25, 0.3) is 10.0 Å². The van der Waals surface area contributed by atoms with Crippen LogP contribution in [0.5, 0.6) is 0 Å². The number of anilines is 2. The molecular weight excluding hydrogens is 452 g/mol. The Bertz CT molecular complexity index is 1370. The van der Waals surface area contributed by atoms with Crippen LogP contribution in [0.15, 0.2) is 52.9 Å². The van der Waals surface area contributed by atoms with Crippen LogP contribution in [0.2, 0.25) is 0 Å². The number of imidazole rings is 1. The van der Waals surface area contributed by atoms with E-state index in [1.54, 1.807) is 19.9 Å². The lowest BCUT2D eigenvalue weighted by molar-refractivity contribution is -0.113. The zero-order valence-electron chi connectivity index (χ0n) is 17.0. The summed E-state index contributed by atoms with van der Waals surface area (Å²) >= 11 is 1.24. The van der Waals surface area contributed by atoms with Crippen LogP contribution in [0.4, 0.5) is 11.5 Å². The first-order valence-electron chi connectivity index (χ1n) is 9.32. The van der Waals surface area contributed by atoms with Gasteiger partial charge in [-0.25, -0.2) is 33.3 Å². The molecule has 11 nitrogen and oxygen atoms in total. The predicted molar refractivity (Wildman–Crippen MR) is 120 cm³/mol. The molecule has 0 unspecified atom stereocenters. The van der Waals surface area contributed by atoms with Gasteiger partial charge in [-0.3, -0.25) is 9.52 Å². The molecule has 0 fully saturated rings. The normalized spacial score (nSPS) is 11.4. The fourth-order valence-corrected chi connectivity index (χ4v) is 4.61. The molecule has 0 saturated heterocycles. The summed E-state index contributed by atoms with van der Waals surface area (Å²) in [7, 11) is -3.83. The van der Waals surface area contributed by atoms with Crippen LogP contribution in [-0.2, 0) is 14.8 Å². The Morgan fingerprint density at radius 2 is 1.88 bits per heavy atom. The Morgan fingerprint density at radius 3 is 2.62 bits per heavy atom. The van der Waals surface area contributed by atoms with Gasteiger partial charge in [-0.2, -0.15) is 0 Å². The molecule has 13 heteroatoms. The Hall–Kier alpha value is -3.58. The number of aryl methyl sites for hydroxylation is 2. The number of H-pyrrole nitrogens is 1. The van der Waals surface area contributed by atoms with Crippen molar-refractivity contribution in [2.75, 3.05) is 15.8 Å². The maximum Gasteiger partial charge on any atom is 0.263 e. The van der Waals surface area contributed by atoms with Gasteiger partial charge in [-0.05, 0) is 38.1 Å². The van der Waals surface area contributed by atoms with E-state index in [0.717, 1.165) is 0 Å². The van der Waals surface area contributed by atoms with Gasteiger partial charge >= 0.3 is 0 Å². The molecule has 3 N–H and O–H groups in total. The van der Waals surface area contributed by atoms with E-state index in [9.17, 15) is 13.2 Å². The molecule has 1 aromatic carbocycles. The van der Waals surface area contributed by atoms with Gasteiger partial charge < -0.3 is 10.3 Å². The van der Waals surface area contributed by atoms with E-state index in [2.05, 4.69) is 39.9 Å². The zero-order chi connectivity index (χ0) is 22.7. The highest BCUT2D eigenvalue weighted by Gasteiger charge is 2.16. The summed E-state index contributed by atoms with van der Waals surface area (Å²) in [6, 6.07) is 7.40. The molecule has 0 spiro atoms. The van der Waals surface area contributed by atoms with Crippen molar-refractivity contribution >= 4 is 50.4 Å². The number of benzene rings is 1. The van der Waals surface area contributed by atoms with E-state index < -0.39 is 10.0 Å². The number of aromatic amines is 1. The fraction of sp³-hybridized carbons (Fsp3) is 0.158. The van der Waals surface area contributed by atoms with Crippen LogP contribution in [0.25, 0.3) is 11.2 Å². The van der Waals surface area contributed by atoms with Crippen molar-refractivity contribution < 1.29 is 13.2 Å². The average molecular weight is 471 g/mol. The molecule has 0 bridgehead atoms. The minimum atomic E-state index is -3.83. The standard InChI is InChI=1S/C19H18N8O3S2/c1-11-7-15(25-12(2)24-11)27-32(29,30)14-5-3-13(4-6-14)26-16(28)8-31-19-17-18(21-9-20-17)22-10-23-19/h3-7,9-10H,8H2,1-2H3,(H,26,28)(H,24,25,27)(H,20,21,22,23). The number of fused-ring (bicyclic) bond motifs is 1. The lowest BCUT2D eigenvalue weighted by atomic mass is 10.3. The molecule has 0 saturated carbocycles. The fourth-order valence-electron chi connectivity index (χ4n) is 2.87. The summed E-state index contributed by atoms with van der Waals surface area (Å²) in [5.41, 5.74) is 2.32. The highest BCUT2D eigenvalue weighted by Crippen LogP contribution is 2.22. The highest BCUT2D eigenvalue weighted by molar-refractivity contribution is 8.00. The number of hydrogen-bond donors (Lipinski definition) is 3. The SMILES string of the molecule is Cc1cc(NS(=O)(=O)c2ccc(NC(=O)CSc3ncnc4nc[nH]c34)cc2)nc(C)n1. The van der Waals surface area contributed by atoms with Crippen LogP contribution < -0.4 is 10.0 Å². The summed E-state index contributed by atoms with van der Waals surface area (Å²) in [6.07, 6.45) is 2.90. The molecule has 0 aliphatic carbocycles. The third-order valence-corrected chi connectivity index (χ3v) is 6.54. The van der Waals surface area contributed by atoms with Crippen molar-refractivity contribution in [1.29, 1.82) is 0 Å². The monoisotopic (exact) mass is 470 g/mol. The van der Waals surface area contributed by atoms with Gasteiger partial charge in [-0.1, -0.05) is 11.8 Å². The number of nitrogens with zero attached hydrogens (tertiary/aromatic N) is 5. The molecule has 0 aliphatic rings. The summed E-state index contributed by atoms with van der Waals surface area (Å²) in [6.45, 7) is 3.44. The van der Waals surface area contributed by atoms with Crippen molar-refractivity contribution in [2.45, 2.75) is 23.8 Å². The number of amides is 1. The number of carbonyl (C=O) groups is 1. The van der Waals surface area contributed by atoms with Gasteiger partial charge in [-0.15, -0.1) is 0 Å². The van der Waals surface area contributed by atoms with Crippen LogP contribution in [0, 0.1) is 13.8 Å². The second kappa shape index (κ2) is 8.88. The van der Waals surface area contributed by atoms with Crippen LogP contribution in [0.3, 0.4) is 0 Å². The smallest absolute Gasteiger partial charge is 0.263 e. The first kappa shape index (κ1) is 21.6. The number of sulfonamides is 1. The minimum absolute atomic E-state index is 0.0430. The van der Waals surface area contributed by atoms with Crippen LogP contribution in [-0.4, -0.2) is 50.0 Å². The molecule has 1 amide bonds. The summed E-state index contributed by atoms with van der Waals surface area (Å²) in [5.74, 6) is 0.510. The van der Waals surface area contributed by atoms with Crippen molar-refractivity contribution in [1.82, 2.24) is 29.9 Å². The number of hydrogen-bond acceptors (Lipinski definition) is 9. The molecule has 32 heavy (non-hydrogen) atoms. The number of aromatic nitrogens is 6. The highest BCUT2D eigenvalue weighted by atomic mass is 32.2. The van der Waals surface area contributed by atoms with E-state index in [1.165, 1.54) is 48.7 Å². The van der Waals surface area contributed by atoms with E-state index in [4.69, 9.17) is 0 Å². The summed E-state index contributed by atoms with van der Waals surface area (Å²) in [4.78, 5) is 35.7. The van der Waals surface area contributed by atoms with E-state index in [0.29, 0.717) is 33.4 Å². The maximum atomic E-state index is 12.6. The minimum Gasteiger partial charge on any atom is -0.341 e. The van der Waals surface area contributed by atoms with Gasteiger partial charge in [0.1, 0.15) is 28.5 Å². The summed E-state index contributed by atoms with van der Waals surface area (Å²) in [5, 5.41) is 3.35. The van der Waals surface area contributed by atoms with Crippen LogP contribution in [0.1, 0.15) is 11.5 Å². The quantitative estimate of drug-likeness (QED) is 0.272. The molecule has 4 aromatic rings. The Morgan fingerprint density at radius 1 is 1.09 bits per heavy atom. The van der Waals surface area contributed by atoms with E-state index in [-0.39, 0.29) is 22.4 Å². The molecule has 3 heterocycles. The van der Waals surface area contributed by atoms with Crippen molar-refractivity contribution in [3.63, 3.8) is 0 Å². The number of rotatable bonds is 7. The molecule has 0 atom stereocenters. The Kier molecular flexibility index (Phi) is 6.01. The van der Waals surface area contributed by atoms with Crippen molar-refractivity contribution in [3.8, 4) is 0 Å². The predicted octanol–water partition coefficient (Wildman–Crippen LogP) is 2.29. The second-order valence-corrected chi connectivity index (χ2v) is 9.33. The maximum absolute atomic E-state index is 12.6. The molecule has 0 aliphatic heterocycles. The molecule has 3 aromatic heterocycles. The Labute approximate surface area is 187 Å². The average Bonchev–Trinajstić information content (AvgIpc) is 3.21. The van der Waals surface area contributed by atoms with Crippen LogP contribution >= 0.6 is 11.8 Å². The topological polar surface area (TPSA) is 156 Å². The molecule has 0 radical (unpaired) electrons. The third kappa shape index (κ3) is 5.00. The van der Waals surface area contributed by atoms with Gasteiger partial charge in [0.2, 0.25) is 5.91 Å². The second-order valence-electron chi connectivity index (χ2n) is 6.69. The van der Waals surface area contributed by atoms with E-state index >= 15 is 0 Å². The number of carbonyl (C=O) groups excluding carboxylic acids is 1. The molecular formula is C19H18N8O3S2. The van der Waals surface area contributed by atoms with Crippen molar-refractivity contribution in [2.24, 2.45) is 0 Å². The van der Waals surface area contributed by atoms with Crippen molar-refractivity contribution in [3.05, 3.63) is 54.5 Å². The van der Waals surface area contributed by atoms with Gasteiger partial charge in [0.15, 0.2) is 5.65 Å². The first-order chi connectivity index (χ1) is 15.3. The lowest BCUT2D eigenvalue weighted by Crippen LogP contribution is -2.16.